The smallest absolute Gasteiger partial charge is 0.260 e. The van der Waals surface area contributed by atoms with Gasteiger partial charge in [0, 0.05) is 0 Å². The Labute approximate surface area is 78.9 Å². The van der Waals surface area contributed by atoms with E-state index in [1.807, 2.05) is 6.26 Å². The zero-order chi connectivity index (χ0) is 9.84. The fourth-order valence-electron chi connectivity index (χ4n) is 0.876. The predicted molar refractivity (Wildman–Crippen MR) is 50.8 cm³/mol. The van der Waals surface area contributed by atoms with Crippen molar-refractivity contribution in [1.82, 2.24) is 9.97 Å². The van der Waals surface area contributed by atoms with Crippen LogP contribution in [0.3, 0.4) is 0 Å². The van der Waals surface area contributed by atoms with Gasteiger partial charge in [0.15, 0.2) is 5.16 Å². The van der Waals surface area contributed by atoms with E-state index in [1.165, 1.54) is 11.8 Å². The summed E-state index contributed by atoms with van der Waals surface area (Å²) < 4.78 is 0. The zero-order valence-electron chi connectivity index (χ0n) is 7.24. The van der Waals surface area contributed by atoms with Gasteiger partial charge in [-0.25, -0.2) is 4.98 Å². The summed E-state index contributed by atoms with van der Waals surface area (Å²) in [6, 6.07) is 0. The molecule has 0 fully saturated rings. The van der Waals surface area contributed by atoms with Gasteiger partial charge in [-0.2, -0.15) is 0 Å². The number of hydrogen-bond donors (Lipinski definition) is 2. The highest BCUT2D eigenvalue weighted by molar-refractivity contribution is 7.98. The standard InChI is InChI=1S/C7H9N3O2S/c1-4-5(3-8-12)6(11)10-7(9-4)13-2/h3,12H,1-2H3,(H,9,10,11)/b8-3+. The number of aromatic amines is 1. The first-order chi connectivity index (χ1) is 6.19. The average molecular weight is 199 g/mol. The minimum absolute atomic E-state index is 0.278. The zero-order valence-corrected chi connectivity index (χ0v) is 8.05. The van der Waals surface area contributed by atoms with Crippen molar-refractivity contribution >= 4 is 18.0 Å². The molecule has 0 aliphatic rings. The molecular formula is C7H9N3O2S. The van der Waals surface area contributed by atoms with Gasteiger partial charge in [-0.15, -0.1) is 0 Å². The summed E-state index contributed by atoms with van der Waals surface area (Å²) in [4.78, 5) is 17.9. The van der Waals surface area contributed by atoms with Crippen LogP contribution in [-0.4, -0.2) is 27.6 Å². The van der Waals surface area contributed by atoms with Crippen molar-refractivity contribution in [2.45, 2.75) is 12.1 Å². The second-order valence-electron chi connectivity index (χ2n) is 2.32. The quantitative estimate of drug-likeness (QED) is 0.240. The highest BCUT2D eigenvalue weighted by Crippen LogP contribution is 2.06. The van der Waals surface area contributed by atoms with Gasteiger partial charge in [-0.05, 0) is 13.2 Å². The van der Waals surface area contributed by atoms with Gasteiger partial charge in [-0.3, -0.25) is 4.79 Å². The normalized spacial score (nSPS) is 10.9. The summed E-state index contributed by atoms with van der Waals surface area (Å²) >= 11 is 1.35. The van der Waals surface area contributed by atoms with Crippen LogP contribution in [0.5, 0.6) is 0 Å². The molecule has 6 heteroatoms. The van der Waals surface area contributed by atoms with Gasteiger partial charge in [0.25, 0.3) is 5.56 Å². The third kappa shape index (κ3) is 2.09. The SMILES string of the molecule is CSc1nc(C)c(/C=N/O)c(=O)[nH]1. The second kappa shape index (κ2) is 4.08. The molecule has 0 saturated heterocycles. The Balaban J connectivity index is 3.31. The number of aromatic nitrogens is 2. The van der Waals surface area contributed by atoms with Crippen LogP contribution < -0.4 is 5.56 Å². The maximum absolute atomic E-state index is 11.3. The Morgan fingerprint density at radius 3 is 2.85 bits per heavy atom. The van der Waals surface area contributed by atoms with Crippen molar-refractivity contribution in [3.63, 3.8) is 0 Å². The topological polar surface area (TPSA) is 78.3 Å². The first-order valence-electron chi connectivity index (χ1n) is 3.51. The van der Waals surface area contributed by atoms with Gasteiger partial charge in [0.2, 0.25) is 0 Å². The largest absolute Gasteiger partial charge is 0.411 e. The molecule has 0 spiro atoms. The number of nitrogens with zero attached hydrogens (tertiary/aromatic N) is 2. The number of rotatable bonds is 2. The van der Waals surface area contributed by atoms with Crippen LogP contribution in [0.25, 0.3) is 0 Å². The van der Waals surface area contributed by atoms with E-state index in [0.717, 1.165) is 6.21 Å². The summed E-state index contributed by atoms with van der Waals surface area (Å²) in [7, 11) is 0. The van der Waals surface area contributed by atoms with E-state index in [4.69, 9.17) is 5.21 Å². The molecule has 0 aliphatic heterocycles. The molecule has 1 rings (SSSR count). The molecule has 0 saturated carbocycles. The Morgan fingerprint density at radius 2 is 2.38 bits per heavy atom. The Bertz CT molecular complexity index is 386. The van der Waals surface area contributed by atoms with Crippen LogP contribution in [0.4, 0.5) is 0 Å². The summed E-state index contributed by atoms with van der Waals surface area (Å²) in [6.07, 6.45) is 2.89. The third-order valence-electron chi connectivity index (χ3n) is 1.50. The van der Waals surface area contributed by atoms with Gasteiger partial charge >= 0.3 is 0 Å². The minimum Gasteiger partial charge on any atom is -0.411 e. The molecule has 0 atom stereocenters. The molecule has 0 bridgehead atoms. The van der Waals surface area contributed by atoms with Crippen LogP contribution in [-0.2, 0) is 0 Å². The Hall–Kier alpha value is -1.30. The molecule has 1 aromatic heterocycles. The van der Waals surface area contributed by atoms with E-state index < -0.39 is 0 Å². The molecule has 5 nitrogen and oxygen atoms in total. The first kappa shape index (κ1) is 9.79. The second-order valence-corrected chi connectivity index (χ2v) is 3.11. The first-order valence-corrected chi connectivity index (χ1v) is 4.74. The molecule has 1 aromatic rings. The average Bonchev–Trinajstić information content (AvgIpc) is 2.11. The lowest BCUT2D eigenvalue weighted by Crippen LogP contribution is -2.16. The lowest BCUT2D eigenvalue weighted by atomic mass is 10.3. The molecule has 0 amide bonds. The molecule has 2 N–H and O–H groups in total. The van der Waals surface area contributed by atoms with E-state index >= 15 is 0 Å². The fourth-order valence-corrected chi connectivity index (χ4v) is 1.30. The van der Waals surface area contributed by atoms with E-state index in [1.54, 1.807) is 6.92 Å². The van der Waals surface area contributed by atoms with Crippen LogP contribution >= 0.6 is 11.8 Å². The van der Waals surface area contributed by atoms with Gasteiger partial charge in [0.05, 0.1) is 17.5 Å². The van der Waals surface area contributed by atoms with Crippen molar-refractivity contribution in [2.75, 3.05) is 6.26 Å². The summed E-state index contributed by atoms with van der Waals surface area (Å²) in [5.41, 5.74) is 0.529. The van der Waals surface area contributed by atoms with E-state index in [0.29, 0.717) is 10.9 Å². The summed E-state index contributed by atoms with van der Waals surface area (Å²) in [5.74, 6) is 0. The van der Waals surface area contributed by atoms with Crippen molar-refractivity contribution in [1.29, 1.82) is 0 Å². The lowest BCUT2D eigenvalue weighted by molar-refractivity contribution is 0.321. The molecule has 1 heterocycles. The molecule has 13 heavy (non-hydrogen) atoms. The highest BCUT2D eigenvalue weighted by atomic mass is 32.2. The van der Waals surface area contributed by atoms with Gasteiger partial charge in [0.1, 0.15) is 0 Å². The maximum atomic E-state index is 11.3. The fraction of sp³-hybridized carbons (Fsp3) is 0.286. The Morgan fingerprint density at radius 1 is 1.69 bits per heavy atom. The van der Waals surface area contributed by atoms with Crippen molar-refractivity contribution in [2.24, 2.45) is 5.16 Å². The molecule has 0 unspecified atom stereocenters. The summed E-state index contributed by atoms with van der Waals surface area (Å²) in [6.45, 7) is 1.69. The van der Waals surface area contributed by atoms with E-state index in [9.17, 15) is 4.79 Å². The monoisotopic (exact) mass is 199 g/mol. The van der Waals surface area contributed by atoms with Crippen molar-refractivity contribution in [3.8, 4) is 0 Å². The number of H-pyrrole nitrogens is 1. The van der Waals surface area contributed by atoms with Crippen LogP contribution in [0.1, 0.15) is 11.3 Å². The molecular weight excluding hydrogens is 190 g/mol. The lowest BCUT2D eigenvalue weighted by Gasteiger charge is -1.99. The van der Waals surface area contributed by atoms with Crippen LogP contribution in [0.2, 0.25) is 0 Å². The van der Waals surface area contributed by atoms with E-state index in [-0.39, 0.29) is 11.1 Å². The molecule has 0 aromatic carbocycles. The van der Waals surface area contributed by atoms with Crippen molar-refractivity contribution < 1.29 is 5.21 Å². The van der Waals surface area contributed by atoms with Crippen LogP contribution in [0, 0.1) is 6.92 Å². The minimum atomic E-state index is -0.297. The molecule has 0 aliphatic carbocycles. The number of aryl methyl sites for hydroxylation is 1. The number of hydrogen-bond acceptors (Lipinski definition) is 5. The number of oxime groups is 1. The van der Waals surface area contributed by atoms with Gasteiger partial charge < -0.3 is 10.2 Å². The Kier molecular flexibility index (Phi) is 3.07. The predicted octanol–water partition coefficient (Wildman–Crippen LogP) is 0.608. The summed E-state index contributed by atoms with van der Waals surface area (Å²) in [5, 5.41) is 11.6. The van der Waals surface area contributed by atoms with Crippen LogP contribution in [0.15, 0.2) is 15.1 Å². The maximum Gasteiger partial charge on any atom is 0.260 e. The highest BCUT2D eigenvalue weighted by Gasteiger charge is 2.04. The molecule has 70 valence electrons. The van der Waals surface area contributed by atoms with E-state index in [2.05, 4.69) is 15.1 Å². The van der Waals surface area contributed by atoms with Crippen molar-refractivity contribution in [3.05, 3.63) is 21.6 Å². The van der Waals surface area contributed by atoms with Gasteiger partial charge in [-0.1, -0.05) is 16.9 Å². The number of thioether (sulfide) groups is 1. The molecule has 0 radical (unpaired) electrons. The third-order valence-corrected chi connectivity index (χ3v) is 2.08. The number of nitrogens with one attached hydrogen (secondary N) is 1.